The molecule has 0 amide bonds. The molecule has 0 saturated heterocycles. The number of ketones is 1. The van der Waals surface area contributed by atoms with Crippen molar-refractivity contribution >= 4 is 5.78 Å². The molecule has 3 nitrogen and oxygen atoms in total. The van der Waals surface area contributed by atoms with Gasteiger partial charge in [0.25, 0.3) is 0 Å². The van der Waals surface area contributed by atoms with E-state index in [1.807, 2.05) is 18.2 Å². The molecule has 14 heavy (non-hydrogen) atoms. The molecule has 0 aromatic heterocycles. The molecule has 3 heteroatoms. The smallest absolute Gasteiger partial charge is 0.188 e. The molecule has 76 valence electrons. The maximum absolute atomic E-state index is 11.4. The molecule has 0 aliphatic rings. The second kappa shape index (κ2) is 5.52. The minimum atomic E-state index is -0.529. The van der Waals surface area contributed by atoms with Gasteiger partial charge in [-0.1, -0.05) is 30.3 Å². The van der Waals surface area contributed by atoms with E-state index in [2.05, 4.69) is 0 Å². The quantitative estimate of drug-likeness (QED) is 0.718. The summed E-state index contributed by atoms with van der Waals surface area (Å²) in [6.45, 7) is 1.83. The Labute approximate surface area is 83.3 Å². The number of benzene rings is 1. The predicted octanol–water partition coefficient (Wildman–Crippen LogP) is 1.27. The molecule has 0 bridgehead atoms. The Kier molecular flexibility index (Phi) is 4.29. The number of hydrogen-bond donors (Lipinski definition) is 1. The van der Waals surface area contributed by atoms with E-state index in [1.54, 1.807) is 19.1 Å². The minimum Gasteiger partial charge on any atom is -0.391 e. The number of carbonyl (C=O) groups excluding carboxylic acids is 1. The Morgan fingerprint density at radius 2 is 2.07 bits per heavy atom. The van der Waals surface area contributed by atoms with E-state index in [-0.39, 0.29) is 19.0 Å². The molecule has 1 N–H and O–H groups in total. The molecular formula is C11H14O3. The lowest BCUT2D eigenvalue weighted by Gasteiger charge is -2.05. The lowest BCUT2D eigenvalue weighted by molar-refractivity contribution is 0.0425. The molecule has 1 aromatic rings. The second-order valence-corrected chi connectivity index (χ2v) is 3.15. The third kappa shape index (κ3) is 3.68. The molecule has 0 radical (unpaired) electrons. The van der Waals surface area contributed by atoms with Gasteiger partial charge in [-0.15, -0.1) is 0 Å². The normalized spacial score (nSPS) is 12.4. The van der Waals surface area contributed by atoms with Crippen LogP contribution in [-0.2, 0) is 4.74 Å². The van der Waals surface area contributed by atoms with Crippen molar-refractivity contribution < 1.29 is 14.6 Å². The van der Waals surface area contributed by atoms with Gasteiger partial charge in [-0.3, -0.25) is 4.79 Å². The van der Waals surface area contributed by atoms with Crippen molar-refractivity contribution in [2.45, 2.75) is 13.0 Å². The Hall–Kier alpha value is -1.19. The minimum absolute atomic E-state index is 0.0227. The average Bonchev–Trinajstić information content (AvgIpc) is 2.18. The van der Waals surface area contributed by atoms with Crippen molar-refractivity contribution in [1.29, 1.82) is 0 Å². The Bertz CT molecular complexity index is 280. The van der Waals surface area contributed by atoms with Crippen LogP contribution in [0.3, 0.4) is 0 Å². The monoisotopic (exact) mass is 194 g/mol. The number of Topliss-reactive ketones (excluding diaryl/α,β-unsaturated/α-hetero) is 1. The first-order chi connectivity index (χ1) is 6.70. The second-order valence-electron chi connectivity index (χ2n) is 3.15. The topological polar surface area (TPSA) is 46.5 Å². The SMILES string of the molecule is CC(O)COCC(=O)c1ccccc1. The molecule has 0 heterocycles. The third-order valence-corrected chi connectivity index (χ3v) is 1.69. The lowest BCUT2D eigenvalue weighted by Crippen LogP contribution is -2.15. The van der Waals surface area contributed by atoms with Crippen LogP contribution in [0.25, 0.3) is 0 Å². The van der Waals surface area contributed by atoms with Gasteiger partial charge in [-0.2, -0.15) is 0 Å². The van der Waals surface area contributed by atoms with E-state index in [0.29, 0.717) is 5.56 Å². The summed E-state index contributed by atoms with van der Waals surface area (Å²) in [7, 11) is 0. The fourth-order valence-corrected chi connectivity index (χ4v) is 1.03. The molecule has 1 aromatic carbocycles. The first kappa shape index (κ1) is 10.9. The van der Waals surface area contributed by atoms with Crippen molar-refractivity contribution in [3.8, 4) is 0 Å². The van der Waals surface area contributed by atoms with Crippen molar-refractivity contribution in [2.75, 3.05) is 13.2 Å². The van der Waals surface area contributed by atoms with Gasteiger partial charge < -0.3 is 9.84 Å². The van der Waals surface area contributed by atoms with Gasteiger partial charge in [-0.25, -0.2) is 0 Å². The highest BCUT2D eigenvalue weighted by Crippen LogP contribution is 2.00. The number of carbonyl (C=O) groups is 1. The maximum Gasteiger partial charge on any atom is 0.188 e. The standard InChI is InChI=1S/C11H14O3/c1-9(12)7-14-8-11(13)10-5-3-2-4-6-10/h2-6,9,12H,7-8H2,1H3. The fraction of sp³-hybridized carbons (Fsp3) is 0.364. The summed E-state index contributed by atoms with van der Waals surface area (Å²) in [5.74, 6) is -0.0637. The van der Waals surface area contributed by atoms with Gasteiger partial charge in [0.05, 0.1) is 12.7 Å². The first-order valence-corrected chi connectivity index (χ1v) is 4.54. The van der Waals surface area contributed by atoms with Gasteiger partial charge in [0, 0.05) is 5.56 Å². The molecule has 0 spiro atoms. The summed E-state index contributed by atoms with van der Waals surface area (Å²) in [5, 5.41) is 8.90. The molecule has 1 atom stereocenters. The van der Waals surface area contributed by atoms with Crippen LogP contribution in [0.4, 0.5) is 0 Å². The number of rotatable bonds is 5. The number of aliphatic hydroxyl groups is 1. The van der Waals surface area contributed by atoms with E-state index in [1.165, 1.54) is 0 Å². The predicted molar refractivity (Wildman–Crippen MR) is 53.3 cm³/mol. The Morgan fingerprint density at radius 3 is 2.64 bits per heavy atom. The molecule has 1 unspecified atom stereocenters. The molecule has 0 saturated carbocycles. The van der Waals surface area contributed by atoms with Gasteiger partial charge in [0.2, 0.25) is 0 Å². The van der Waals surface area contributed by atoms with Crippen molar-refractivity contribution in [1.82, 2.24) is 0 Å². The highest BCUT2D eigenvalue weighted by atomic mass is 16.5. The zero-order valence-electron chi connectivity index (χ0n) is 8.14. The molecule has 0 aliphatic carbocycles. The number of ether oxygens (including phenoxy) is 1. The van der Waals surface area contributed by atoms with Crippen LogP contribution in [-0.4, -0.2) is 30.2 Å². The van der Waals surface area contributed by atoms with Crippen LogP contribution in [0, 0.1) is 0 Å². The van der Waals surface area contributed by atoms with Gasteiger partial charge in [-0.05, 0) is 6.92 Å². The lowest BCUT2D eigenvalue weighted by atomic mass is 10.1. The zero-order chi connectivity index (χ0) is 10.4. The summed E-state index contributed by atoms with van der Waals surface area (Å²) in [6, 6.07) is 8.96. The highest BCUT2D eigenvalue weighted by molar-refractivity contribution is 5.96. The molecule has 1 rings (SSSR count). The number of aliphatic hydroxyl groups excluding tert-OH is 1. The summed E-state index contributed by atoms with van der Waals surface area (Å²) < 4.78 is 5.01. The van der Waals surface area contributed by atoms with Gasteiger partial charge in [0.15, 0.2) is 5.78 Å². The van der Waals surface area contributed by atoms with Crippen LogP contribution in [0.15, 0.2) is 30.3 Å². The van der Waals surface area contributed by atoms with Crippen LogP contribution in [0.5, 0.6) is 0 Å². The van der Waals surface area contributed by atoms with Crippen molar-refractivity contribution in [2.24, 2.45) is 0 Å². The van der Waals surface area contributed by atoms with E-state index in [0.717, 1.165) is 0 Å². The fourth-order valence-electron chi connectivity index (χ4n) is 1.03. The van der Waals surface area contributed by atoms with Gasteiger partial charge >= 0.3 is 0 Å². The first-order valence-electron chi connectivity index (χ1n) is 4.54. The molecular weight excluding hydrogens is 180 g/mol. The highest BCUT2D eigenvalue weighted by Gasteiger charge is 2.05. The van der Waals surface area contributed by atoms with Crippen LogP contribution >= 0.6 is 0 Å². The van der Waals surface area contributed by atoms with Crippen molar-refractivity contribution in [3.63, 3.8) is 0 Å². The van der Waals surface area contributed by atoms with E-state index >= 15 is 0 Å². The third-order valence-electron chi connectivity index (χ3n) is 1.69. The average molecular weight is 194 g/mol. The summed E-state index contributed by atoms with van der Waals surface area (Å²) in [4.78, 5) is 11.4. The summed E-state index contributed by atoms with van der Waals surface area (Å²) in [5.41, 5.74) is 0.637. The molecule has 0 aliphatic heterocycles. The van der Waals surface area contributed by atoms with Crippen LogP contribution in [0.1, 0.15) is 17.3 Å². The van der Waals surface area contributed by atoms with E-state index in [4.69, 9.17) is 9.84 Å². The van der Waals surface area contributed by atoms with Crippen LogP contribution < -0.4 is 0 Å². The zero-order valence-corrected chi connectivity index (χ0v) is 8.14. The largest absolute Gasteiger partial charge is 0.391 e. The van der Waals surface area contributed by atoms with E-state index < -0.39 is 6.10 Å². The van der Waals surface area contributed by atoms with Crippen LogP contribution in [0.2, 0.25) is 0 Å². The Balaban J connectivity index is 2.36. The van der Waals surface area contributed by atoms with E-state index in [9.17, 15) is 4.79 Å². The maximum atomic E-state index is 11.4. The number of hydrogen-bond acceptors (Lipinski definition) is 3. The Morgan fingerprint density at radius 1 is 1.43 bits per heavy atom. The molecule has 0 fully saturated rings. The summed E-state index contributed by atoms with van der Waals surface area (Å²) >= 11 is 0. The van der Waals surface area contributed by atoms with Gasteiger partial charge in [0.1, 0.15) is 6.61 Å². The summed E-state index contributed by atoms with van der Waals surface area (Å²) in [6.07, 6.45) is -0.529. The van der Waals surface area contributed by atoms with Crippen molar-refractivity contribution in [3.05, 3.63) is 35.9 Å².